The van der Waals surface area contributed by atoms with Gasteiger partial charge >= 0.3 is 0 Å². The van der Waals surface area contributed by atoms with Gasteiger partial charge in [0.05, 0.1) is 5.54 Å². The summed E-state index contributed by atoms with van der Waals surface area (Å²) in [5.41, 5.74) is 6.82. The number of nitrogens with zero attached hydrogens (tertiary/aromatic N) is 2. The van der Waals surface area contributed by atoms with Crippen molar-refractivity contribution in [2.45, 2.75) is 44.3 Å². The maximum absolute atomic E-state index is 12.4. The van der Waals surface area contributed by atoms with Gasteiger partial charge in [-0.2, -0.15) is 0 Å². The monoisotopic (exact) mass is 359 g/mol. The van der Waals surface area contributed by atoms with Crippen LogP contribution in [0.2, 0.25) is 0 Å². The fraction of sp³-hybridized carbons (Fsp3) is 0.588. The molecule has 1 amide bonds. The van der Waals surface area contributed by atoms with Gasteiger partial charge in [-0.3, -0.25) is 9.69 Å². The van der Waals surface area contributed by atoms with Gasteiger partial charge < -0.3 is 10.6 Å². The van der Waals surface area contributed by atoms with Crippen LogP contribution in [0.1, 0.15) is 32.3 Å². The number of nitrogens with two attached hydrogens (primary N) is 1. The van der Waals surface area contributed by atoms with Crippen LogP contribution >= 0.6 is 24.8 Å². The number of carbonyl (C=O) groups is 1. The van der Waals surface area contributed by atoms with Gasteiger partial charge in [0.1, 0.15) is 0 Å². The first-order valence-corrected chi connectivity index (χ1v) is 7.78. The van der Waals surface area contributed by atoms with Crippen LogP contribution < -0.4 is 5.73 Å². The molecule has 130 valence electrons. The van der Waals surface area contributed by atoms with Crippen LogP contribution in [0.5, 0.6) is 0 Å². The fourth-order valence-electron chi connectivity index (χ4n) is 3.12. The highest BCUT2D eigenvalue weighted by atomic mass is 35.5. The van der Waals surface area contributed by atoms with E-state index in [2.05, 4.69) is 43.0 Å². The normalized spacial score (nSPS) is 21.8. The van der Waals surface area contributed by atoms with E-state index < -0.39 is 5.54 Å². The van der Waals surface area contributed by atoms with Gasteiger partial charge in [0.2, 0.25) is 5.91 Å². The molecule has 1 saturated heterocycles. The van der Waals surface area contributed by atoms with E-state index in [-0.39, 0.29) is 36.3 Å². The minimum atomic E-state index is -0.544. The highest BCUT2D eigenvalue weighted by molar-refractivity contribution is 5.89. The first-order chi connectivity index (χ1) is 9.91. The molecule has 2 N–H and O–H groups in total. The Hall–Kier alpha value is -0.810. The lowest BCUT2D eigenvalue weighted by Gasteiger charge is -2.47. The van der Waals surface area contributed by atoms with E-state index in [0.29, 0.717) is 0 Å². The van der Waals surface area contributed by atoms with Gasteiger partial charge in [-0.1, -0.05) is 30.3 Å². The molecule has 4 nitrogen and oxygen atoms in total. The van der Waals surface area contributed by atoms with E-state index in [1.807, 2.05) is 11.0 Å². The average Bonchev–Trinajstić information content (AvgIpc) is 3.20. The summed E-state index contributed by atoms with van der Waals surface area (Å²) < 4.78 is 0. The standard InChI is InChI=1S/C17H25N3O.2ClH/c1-16(2)13-19(15(21)17(18)8-9-17)10-11-20(16)12-14-6-4-3-5-7-14;;/h3-7H,8-13,18H2,1-2H3;2*1H. The van der Waals surface area contributed by atoms with Gasteiger partial charge in [0.15, 0.2) is 0 Å². The summed E-state index contributed by atoms with van der Waals surface area (Å²) in [5, 5.41) is 0. The van der Waals surface area contributed by atoms with Gasteiger partial charge in [-0.25, -0.2) is 0 Å². The minimum absolute atomic E-state index is 0. The number of benzene rings is 1. The number of hydrogen-bond donors (Lipinski definition) is 1. The van der Waals surface area contributed by atoms with Crippen molar-refractivity contribution in [1.82, 2.24) is 9.80 Å². The maximum atomic E-state index is 12.4. The zero-order valence-corrected chi connectivity index (χ0v) is 15.5. The zero-order chi connectivity index (χ0) is 15.1. The molecule has 0 unspecified atom stereocenters. The Morgan fingerprint density at radius 1 is 1.13 bits per heavy atom. The van der Waals surface area contributed by atoms with Gasteiger partial charge in [0, 0.05) is 31.7 Å². The number of amides is 1. The Balaban J connectivity index is 0.00000132. The van der Waals surface area contributed by atoms with E-state index in [1.54, 1.807) is 0 Å². The number of hydrogen-bond acceptors (Lipinski definition) is 3. The average molecular weight is 360 g/mol. The predicted molar refractivity (Wildman–Crippen MR) is 98.2 cm³/mol. The molecular formula is C17H27Cl2N3O. The molecule has 1 saturated carbocycles. The number of piperazine rings is 1. The largest absolute Gasteiger partial charge is 0.338 e. The number of rotatable bonds is 3. The second-order valence-corrected chi connectivity index (χ2v) is 7.10. The van der Waals surface area contributed by atoms with Gasteiger partial charge in [-0.15, -0.1) is 24.8 Å². The van der Waals surface area contributed by atoms with Crippen molar-refractivity contribution in [1.29, 1.82) is 0 Å². The molecule has 0 aromatic heterocycles. The van der Waals surface area contributed by atoms with E-state index in [9.17, 15) is 4.79 Å². The van der Waals surface area contributed by atoms with E-state index in [4.69, 9.17) is 5.73 Å². The van der Waals surface area contributed by atoms with E-state index in [0.717, 1.165) is 39.0 Å². The quantitative estimate of drug-likeness (QED) is 0.901. The van der Waals surface area contributed by atoms with Crippen LogP contribution in [0, 0.1) is 0 Å². The van der Waals surface area contributed by atoms with Crippen molar-refractivity contribution in [3.05, 3.63) is 35.9 Å². The molecule has 0 atom stereocenters. The summed E-state index contributed by atoms with van der Waals surface area (Å²) in [6.45, 7) is 7.82. The first kappa shape index (κ1) is 20.2. The molecule has 1 aromatic carbocycles. The van der Waals surface area contributed by atoms with Crippen LogP contribution in [-0.4, -0.2) is 46.4 Å². The lowest BCUT2D eigenvalue weighted by atomic mass is 9.97. The molecule has 1 aromatic rings. The molecule has 2 fully saturated rings. The third-order valence-corrected chi connectivity index (χ3v) is 4.79. The molecular weight excluding hydrogens is 333 g/mol. The van der Waals surface area contributed by atoms with Gasteiger partial charge in [0.25, 0.3) is 0 Å². The topological polar surface area (TPSA) is 49.6 Å². The summed E-state index contributed by atoms with van der Waals surface area (Å²) in [4.78, 5) is 16.8. The fourth-order valence-corrected chi connectivity index (χ4v) is 3.12. The lowest BCUT2D eigenvalue weighted by Crippen LogP contribution is -2.62. The third-order valence-electron chi connectivity index (χ3n) is 4.79. The summed E-state index contributed by atoms with van der Waals surface area (Å²) in [6, 6.07) is 10.5. The number of carbonyl (C=O) groups excluding carboxylic acids is 1. The molecule has 23 heavy (non-hydrogen) atoms. The van der Waals surface area contributed by atoms with Crippen LogP contribution in [0.4, 0.5) is 0 Å². The molecule has 0 radical (unpaired) electrons. The summed E-state index contributed by atoms with van der Waals surface area (Å²) in [5.74, 6) is 0.148. The lowest BCUT2D eigenvalue weighted by molar-refractivity contribution is -0.138. The SMILES string of the molecule is CC1(C)CN(C(=O)C2(N)CC2)CCN1Cc1ccccc1.Cl.Cl. The Bertz CT molecular complexity index is 532. The molecule has 2 aliphatic rings. The second kappa shape index (κ2) is 7.39. The van der Waals surface area contributed by atoms with Crippen molar-refractivity contribution in [2.75, 3.05) is 19.6 Å². The zero-order valence-electron chi connectivity index (χ0n) is 13.8. The molecule has 6 heteroatoms. The molecule has 1 aliphatic heterocycles. The Morgan fingerprint density at radius 3 is 2.26 bits per heavy atom. The Labute approximate surface area is 151 Å². The summed E-state index contributed by atoms with van der Waals surface area (Å²) >= 11 is 0. The minimum Gasteiger partial charge on any atom is -0.338 e. The molecule has 3 rings (SSSR count). The van der Waals surface area contributed by atoms with E-state index >= 15 is 0 Å². The summed E-state index contributed by atoms with van der Waals surface area (Å²) in [6.07, 6.45) is 1.69. The van der Waals surface area contributed by atoms with Crippen molar-refractivity contribution in [2.24, 2.45) is 5.73 Å². The first-order valence-electron chi connectivity index (χ1n) is 7.78. The highest BCUT2D eigenvalue weighted by Gasteiger charge is 2.50. The maximum Gasteiger partial charge on any atom is 0.242 e. The number of halogens is 2. The summed E-state index contributed by atoms with van der Waals surface area (Å²) in [7, 11) is 0. The third kappa shape index (κ3) is 4.38. The van der Waals surface area contributed by atoms with Crippen molar-refractivity contribution >= 4 is 30.7 Å². The van der Waals surface area contributed by atoms with Crippen molar-refractivity contribution in [3.8, 4) is 0 Å². The Kier molecular flexibility index (Phi) is 6.50. The van der Waals surface area contributed by atoms with Crippen LogP contribution in [0.25, 0.3) is 0 Å². The highest BCUT2D eigenvalue weighted by Crippen LogP contribution is 2.35. The van der Waals surface area contributed by atoms with Crippen LogP contribution in [0.3, 0.4) is 0 Å². The van der Waals surface area contributed by atoms with Crippen LogP contribution in [0.15, 0.2) is 30.3 Å². The van der Waals surface area contributed by atoms with Crippen LogP contribution in [-0.2, 0) is 11.3 Å². The Morgan fingerprint density at radius 2 is 1.74 bits per heavy atom. The molecule has 1 aliphatic carbocycles. The van der Waals surface area contributed by atoms with Crippen molar-refractivity contribution < 1.29 is 4.79 Å². The predicted octanol–water partition coefficient (Wildman–Crippen LogP) is 2.44. The van der Waals surface area contributed by atoms with Gasteiger partial charge in [-0.05, 0) is 32.3 Å². The molecule has 0 spiro atoms. The molecule has 1 heterocycles. The van der Waals surface area contributed by atoms with E-state index in [1.165, 1.54) is 5.56 Å². The smallest absolute Gasteiger partial charge is 0.242 e. The second-order valence-electron chi connectivity index (χ2n) is 7.10. The molecule has 0 bridgehead atoms. The van der Waals surface area contributed by atoms with Crippen molar-refractivity contribution in [3.63, 3.8) is 0 Å².